The molecule has 0 spiro atoms. The Labute approximate surface area is 311 Å². The van der Waals surface area contributed by atoms with Gasteiger partial charge in [-0.15, -0.1) is 0 Å². The number of para-hydroxylation sites is 4. The third-order valence-corrected chi connectivity index (χ3v) is 13.1. The van der Waals surface area contributed by atoms with E-state index in [1.54, 1.807) is 0 Å². The summed E-state index contributed by atoms with van der Waals surface area (Å²) >= 11 is 3.68. The molecule has 0 aromatic heterocycles. The molecular formula is C44H28B2O4S2. The highest BCUT2D eigenvalue weighted by Crippen LogP contribution is 2.47. The summed E-state index contributed by atoms with van der Waals surface area (Å²) in [6, 6.07) is 45.4. The van der Waals surface area contributed by atoms with Gasteiger partial charge < -0.3 is 18.9 Å². The molecule has 4 aliphatic heterocycles. The molecule has 11 rings (SSSR count). The van der Waals surface area contributed by atoms with Gasteiger partial charge in [0.25, 0.3) is 13.4 Å². The number of fused-ring (bicyclic) bond motifs is 8. The first-order chi connectivity index (χ1) is 25.6. The Balaban J connectivity index is 1.13. The molecule has 7 aromatic rings. The van der Waals surface area contributed by atoms with E-state index in [4.69, 9.17) is 18.9 Å². The van der Waals surface area contributed by atoms with Gasteiger partial charge in [-0.25, -0.2) is 0 Å². The summed E-state index contributed by atoms with van der Waals surface area (Å²) in [6.45, 7) is 4.68. The largest absolute Gasteiger partial charge is 0.458 e. The smallest absolute Gasteiger partial charge is 0.254 e. The van der Waals surface area contributed by atoms with Crippen molar-refractivity contribution in [1.82, 2.24) is 0 Å². The molecule has 0 amide bonds. The van der Waals surface area contributed by atoms with Crippen LogP contribution < -0.4 is 51.7 Å². The molecule has 0 saturated carbocycles. The van der Waals surface area contributed by atoms with Crippen molar-refractivity contribution in [2.75, 3.05) is 0 Å². The fourth-order valence-corrected chi connectivity index (χ4v) is 11.2. The van der Waals surface area contributed by atoms with E-state index in [-0.39, 0.29) is 13.4 Å². The maximum Gasteiger partial charge on any atom is 0.254 e. The molecule has 0 atom stereocenters. The molecule has 4 aliphatic rings. The Morgan fingerprint density at radius 2 is 0.846 bits per heavy atom. The lowest BCUT2D eigenvalue weighted by Crippen LogP contribution is -2.63. The van der Waals surface area contributed by atoms with Crippen LogP contribution in [-0.2, 0) is 0 Å². The molecule has 0 fully saturated rings. The van der Waals surface area contributed by atoms with Crippen LogP contribution in [0, 0.1) is 13.8 Å². The minimum absolute atomic E-state index is 0.0172. The molecule has 8 heteroatoms. The van der Waals surface area contributed by atoms with Gasteiger partial charge in [-0.3, -0.25) is 0 Å². The lowest BCUT2D eigenvalue weighted by molar-refractivity contribution is 0.460. The quantitative estimate of drug-likeness (QED) is 0.173. The Hall–Kier alpha value is -5.43. The Morgan fingerprint density at radius 1 is 0.423 bits per heavy atom. The normalized spacial score (nSPS) is 13.7. The van der Waals surface area contributed by atoms with Crippen molar-refractivity contribution < 1.29 is 18.9 Å². The maximum absolute atomic E-state index is 6.69. The molecule has 0 aliphatic carbocycles. The minimum atomic E-state index is 0.0172. The van der Waals surface area contributed by atoms with Gasteiger partial charge in [0.1, 0.15) is 46.0 Å². The lowest BCUT2D eigenvalue weighted by Gasteiger charge is -2.39. The zero-order chi connectivity index (χ0) is 34.5. The van der Waals surface area contributed by atoms with Crippen molar-refractivity contribution in [2.45, 2.75) is 33.4 Å². The summed E-state index contributed by atoms with van der Waals surface area (Å²) < 4.78 is 26.2. The third-order valence-electron chi connectivity index (χ3n) is 10.6. The second kappa shape index (κ2) is 11.5. The van der Waals surface area contributed by atoms with Gasteiger partial charge in [-0.2, -0.15) is 0 Å². The van der Waals surface area contributed by atoms with Crippen LogP contribution in [0.5, 0.6) is 46.0 Å². The van der Waals surface area contributed by atoms with Gasteiger partial charge in [-0.1, -0.05) is 113 Å². The van der Waals surface area contributed by atoms with Crippen LogP contribution in [0.15, 0.2) is 153 Å². The Bertz CT molecular complexity index is 2450. The van der Waals surface area contributed by atoms with Gasteiger partial charge in [0.2, 0.25) is 0 Å². The summed E-state index contributed by atoms with van der Waals surface area (Å²) in [6.07, 6.45) is 0. The van der Waals surface area contributed by atoms with Crippen LogP contribution in [-0.4, -0.2) is 13.4 Å². The molecule has 0 saturated heterocycles. The van der Waals surface area contributed by atoms with Crippen LogP contribution in [0.4, 0.5) is 0 Å². The zero-order valence-electron chi connectivity index (χ0n) is 28.3. The van der Waals surface area contributed by atoms with Crippen molar-refractivity contribution in [3.05, 3.63) is 145 Å². The van der Waals surface area contributed by atoms with E-state index in [1.165, 1.54) is 53.7 Å². The molecule has 52 heavy (non-hydrogen) atoms. The molecule has 0 bridgehead atoms. The standard InChI is InChI=1S/C44H28B2O4S2/c1-25-39-43(51-37-23-29(47-27-13-5-3-6-14-27)21-35-41(37)45(39)31-17-9-11-19-33(31)49-35)26(2)44-40(25)46-32-18-10-12-20-34(32)50-36-22-30(24-38(52-44)42(36)46)48-28-15-7-4-8-16-28/h3-24H,1-2H3. The van der Waals surface area contributed by atoms with Crippen molar-refractivity contribution in [2.24, 2.45) is 0 Å². The van der Waals surface area contributed by atoms with Crippen LogP contribution in [0.3, 0.4) is 0 Å². The highest BCUT2D eigenvalue weighted by atomic mass is 32.2. The second-order valence-corrected chi connectivity index (χ2v) is 15.7. The average molecular weight is 706 g/mol. The minimum Gasteiger partial charge on any atom is -0.458 e. The molecule has 246 valence electrons. The van der Waals surface area contributed by atoms with Gasteiger partial charge in [-0.05, 0) is 89.8 Å². The fourth-order valence-electron chi connectivity index (χ4n) is 8.37. The molecule has 4 nitrogen and oxygen atoms in total. The molecular weight excluding hydrogens is 678 g/mol. The zero-order valence-corrected chi connectivity index (χ0v) is 29.9. The van der Waals surface area contributed by atoms with Gasteiger partial charge in [0.15, 0.2) is 0 Å². The Morgan fingerprint density at radius 3 is 1.31 bits per heavy atom. The van der Waals surface area contributed by atoms with E-state index < -0.39 is 0 Å². The fraction of sp³-hybridized carbons (Fsp3) is 0.0455. The summed E-state index contributed by atoms with van der Waals surface area (Å²) in [4.78, 5) is 4.94. The molecule has 0 unspecified atom stereocenters. The summed E-state index contributed by atoms with van der Waals surface area (Å²) in [5.74, 6) is 6.61. The van der Waals surface area contributed by atoms with Crippen LogP contribution in [0.25, 0.3) is 0 Å². The van der Waals surface area contributed by atoms with Crippen LogP contribution in [0.2, 0.25) is 0 Å². The van der Waals surface area contributed by atoms with E-state index in [2.05, 4.69) is 86.6 Å². The molecule has 0 radical (unpaired) electrons. The number of hydrogen-bond acceptors (Lipinski definition) is 6. The topological polar surface area (TPSA) is 36.9 Å². The van der Waals surface area contributed by atoms with Gasteiger partial charge in [0, 0.05) is 31.7 Å². The molecule has 0 N–H and O–H groups in total. The van der Waals surface area contributed by atoms with Crippen LogP contribution >= 0.6 is 23.5 Å². The van der Waals surface area contributed by atoms with Crippen LogP contribution in [0.1, 0.15) is 11.1 Å². The number of rotatable bonds is 4. The average Bonchev–Trinajstić information content (AvgIpc) is 3.17. The molecule has 4 heterocycles. The maximum atomic E-state index is 6.69. The number of hydrogen-bond donors (Lipinski definition) is 0. The van der Waals surface area contributed by atoms with E-state index in [0.29, 0.717) is 0 Å². The number of benzene rings is 7. The van der Waals surface area contributed by atoms with E-state index >= 15 is 0 Å². The van der Waals surface area contributed by atoms with Gasteiger partial charge >= 0.3 is 0 Å². The van der Waals surface area contributed by atoms with Crippen molar-refractivity contribution >= 4 is 69.7 Å². The number of ether oxygens (including phenoxy) is 4. The first-order valence-electron chi connectivity index (χ1n) is 17.5. The monoisotopic (exact) mass is 706 g/mol. The predicted octanol–water partition coefficient (Wildman–Crippen LogP) is 8.06. The van der Waals surface area contributed by atoms with Crippen molar-refractivity contribution in [3.8, 4) is 46.0 Å². The highest BCUT2D eigenvalue weighted by molar-refractivity contribution is 8.01. The third kappa shape index (κ3) is 4.54. The van der Waals surface area contributed by atoms with E-state index in [1.807, 2.05) is 84.2 Å². The summed E-state index contributed by atoms with van der Waals surface area (Å²) in [5.41, 5.74) is 10.1. The van der Waals surface area contributed by atoms with Crippen molar-refractivity contribution in [1.29, 1.82) is 0 Å². The van der Waals surface area contributed by atoms with E-state index in [9.17, 15) is 0 Å². The first kappa shape index (κ1) is 30.2. The summed E-state index contributed by atoms with van der Waals surface area (Å²) in [5, 5.41) is 0. The second-order valence-electron chi connectivity index (χ2n) is 13.6. The first-order valence-corrected chi connectivity index (χ1v) is 19.1. The Kier molecular flexibility index (Phi) is 6.71. The highest BCUT2D eigenvalue weighted by Gasteiger charge is 2.46. The van der Waals surface area contributed by atoms with Gasteiger partial charge in [0.05, 0.1) is 0 Å². The predicted molar refractivity (Wildman–Crippen MR) is 212 cm³/mol. The SMILES string of the molecule is Cc1c2c(c(C)c3c1Sc1cc(Oc4ccccc4)cc4c1B3c1ccccc1O4)B1c3ccccc3Oc3cc(Oc4ccccc4)cc(c31)S2. The summed E-state index contributed by atoms with van der Waals surface area (Å²) in [7, 11) is 0. The lowest BCUT2D eigenvalue weighted by atomic mass is 9.31. The van der Waals surface area contributed by atoms with E-state index in [0.717, 1.165) is 55.8 Å². The molecule has 7 aromatic carbocycles. The van der Waals surface area contributed by atoms with Crippen molar-refractivity contribution in [3.63, 3.8) is 0 Å².